The number of rotatable bonds is 4. The van der Waals surface area contributed by atoms with Crippen LogP contribution in [0.4, 0.5) is 5.00 Å². The lowest BCUT2D eigenvalue weighted by Gasteiger charge is -1.99. The minimum atomic E-state index is -0.0555. The Balaban J connectivity index is 1.80. The molecule has 0 aliphatic rings. The van der Waals surface area contributed by atoms with Crippen molar-refractivity contribution in [1.82, 2.24) is 9.59 Å². The van der Waals surface area contributed by atoms with Crippen LogP contribution in [-0.2, 0) is 11.2 Å². The lowest BCUT2D eigenvalue weighted by atomic mass is 10.2. The third-order valence-corrected chi connectivity index (χ3v) is 2.60. The predicted molar refractivity (Wildman–Crippen MR) is 60.3 cm³/mol. The Morgan fingerprint density at radius 2 is 2.44 bits per heavy atom. The molecule has 0 saturated heterocycles. The van der Waals surface area contributed by atoms with E-state index in [-0.39, 0.29) is 5.91 Å². The first kappa shape index (κ1) is 10.8. The minimum Gasteiger partial charge on any atom is -0.466 e. The molecule has 0 fully saturated rings. The van der Waals surface area contributed by atoms with Crippen LogP contribution in [0.5, 0.6) is 0 Å². The Morgan fingerprint density at radius 1 is 1.56 bits per heavy atom. The molecule has 2 heterocycles. The lowest BCUT2D eigenvalue weighted by Crippen LogP contribution is -2.11. The van der Waals surface area contributed by atoms with Crippen LogP contribution in [-0.4, -0.2) is 15.5 Å². The van der Waals surface area contributed by atoms with E-state index >= 15 is 0 Å². The van der Waals surface area contributed by atoms with Gasteiger partial charge in [-0.1, -0.05) is 4.49 Å². The molecule has 0 bridgehead atoms. The lowest BCUT2D eigenvalue weighted by molar-refractivity contribution is -0.116. The fraction of sp³-hybridized carbons (Fsp3) is 0.300. The molecule has 16 heavy (non-hydrogen) atoms. The van der Waals surface area contributed by atoms with Crippen molar-refractivity contribution in [3.63, 3.8) is 0 Å². The van der Waals surface area contributed by atoms with Crippen LogP contribution in [0.15, 0.2) is 22.7 Å². The van der Waals surface area contributed by atoms with Crippen LogP contribution in [0, 0.1) is 6.92 Å². The number of anilines is 1. The molecule has 0 atom stereocenters. The highest BCUT2D eigenvalue weighted by Gasteiger charge is 2.06. The molecule has 1 amide bonds. The molecule has 2 aromatic heterocycles. The van der Waals surface area contributed by atoms with Gasteiger partial charge in [0.05, 0.1) is 6.20 Å². The third kappa shape index (κ3) is 2.90. The summed E-state index contributed by atoms with van der Waals surface area (Å²) in [7, 11) is 0. The van der Waals surface area contributed by atoms with Gasteiger partial charge in [-0.15, -0.1) is 5.10 Å². The van der Waals surface area contributed by atoms with Crippen LogP contribution in [0.3, 0.4) is 0 Å². The Morgan fingerprint density at radius 3 is 3.06 bits per heavy atom. The van der Waals surface area contributed by atoms with E-state index in [0.29, 0.717) is 17.8 Å². The number of aryl methyl sites for hydroxylation is 2. The molecule has 0 saturated carbocycles. The summed E-state index contributed by atoms with van der Waals surface area (Å²) in [5, 5.41) is 7.01. The minimum absolute atomic E-state index is 0.0555. The number of aromatic nitrogens is 2. The second-order valence-corrected chi connectivity index (χ2v) is 4.13. The molecule has 0 aromatic carbocycles. The molecule has 0 radical (unpaired) electrons. The highest BCUT2D eigenvalue weighted by molar-refractivity contribution is 7.10. The number of nitrogens with one attached hydrogen (secondary N) is 1. The van der Waals surface area contributed by atoms with Gasteiger partial charge >= 0.3 is 0 Å². The van der Waals surface area contributed by atoms with Crippen LogP contribution in [0.25, 0.3) is 0 Å². The first-order valence-electron chi connectivity index (χ1n) is 4.86. The topological polar surface area (TPSA) is 68.0 Å². The van der Waals surface area contributed by atoms with Crippen LogP contribution >= 0.6 is 11.5 Å². The van der Waals surface area contributed by atoms with Gasteiger partial charge in [0.1, 0.15) is 16.5 Å². The molecule has 5 nitrogen and oxygen atoms in total. The molecular weight excluding hydrogens is 226 g/mol. The SMILES string of the molecule is Cc1ccc(CCC(=O)Nc2cnns2)o1. The highest BCUT2D eigenvalue weighted by Crippen LogP contribution is 2.12. The van der Waals surface area contributed by atoms with Gasteiger partial charge in [-0.3, -0.25) is 4.79 Å². The zero-order valence-electron chi connectivity index (χ0n) is 8.77. The van der Waals surface area contributed by atoms with E-state index in [9.17, 15) is 4.79 Å². The average molecular weight is 237 g/mol. The van der Waals surface area contributed by atoms with E-state index in [1.54, 1.807) is 0 Å². The normalized spacial score (nSPS) is 10.3. The van der Waals surface area contributed by atoms with Crippen molar-refractivity contribution < 1.29 is 9.21 Å². The first-order valence-corrected chi connectivity index (χ1v) is 5.64. The molecule has 84 valence electrons. The Bertz CT molecular complexity index is 464. The van der Waals surface area contributed by atoms with E-state index in [2.05, 4.69) is 14.9 Å². The molecule has 0 spiro atoms. The van der Waals surface area contributed by atoms with Crippen molar-refractivity contribution in [3.05, 3.63) is 29.9 Å². The third-order valence-electron chi connectivity index (χ3n) is 2.02. The number of carbonyl (C=O) groups is 1. The standard InChI is InChI=1S/C10H11N3O2S/c1-7-2-3-8(15-7)4-5-9(14)12-10-6-11-13-16-10/h2-3,6H,4-5H2,1H3,(H,12,14). The van der Waals surface area contributed by atoms with Gasteiger partial charge in [0.15, 0.2) is 0 Å². The molecule has 0 aliphatic carbocycles. The second-order valence-electron chi connectivity index (χ2n) is 3.34. The Kier molecular flexibility index (Phi) is 3.31. The molecular formula is C10H11N3O2S. The summed E-state index contributed by atoms with van der Waals surface area (Å²) in [6, 6.07) is 3.78. The van der Waals surface area contributed by atoms with Crippen molar-refractivity contribution in [1.29, 1.82) is 0 Å². The summed E-state index contributed by atoms with van der Waals surface area (Å²) in [5.41, 5.74) is 0. The fourth-order valence-corrected chi connectivity index (χ4v) is 1.71. The summed E-state index contributed by atoms with van der Waals surface area (Å²) in [4.78, 5) is 11.5. The predicted octanol–water partition coefficient (Wildman–Crippen LogP) is 2.01. The maximum absolute atomic E-state index is 11.5. The van der Waals surface area contributed by atoms with Gasteiger partial charge in [0, 0.05) is 24.4 Å². The molecule has 0 aliphatic heterocycles. The Labute approximate surface area is 96.6 Å². The largest absolute Gasteiger partial charge is 0.466 e. The summed E-state index contributed by atoms with van der Waals surface area (Å²) in [6.07, 6.45) is 2.52. The number of hydrogen-bond acceptors (Lipinski definition) is 5. The number of nitrogens with zero attached hydrogens (tertiary/aromatic N) is 2. The van der Waals surface area contributed by atoms with Crippen molar-refractivity contribution >= 4 is 22.4 Å². The van der Waals surface area contributed by atoms with Crippen molar-refractivity contribution in [3.8, 4) is 0 Å². The van der Waals surface area contributed by atoms with Gasteiger partial charge in [0.2, 0.25) is 5.91 Å². The quantitative estimate of drug-likeness (QED) is 0.883. The van der Waals surface area contributed by atoms with E-state index in [0.717, 1.165) is 23.1 Å². The molecule has 2 rings (SSSR count). The van der Waals surface area contributed by atoms with Gasteiger partial charge in [-0.25, -0.2) is 0 Å². The zero-order valence-corrected chi connectivity index (χ0v) is 9.58. The van der Waals surface area contributed by atoms with Crippen LogP contribution < -0.4 is 5.32 Å². The summed E-state index contributed by atoms with van der Waals surface area (Å²) < 4.78 is 9.02. The van der Waals surface area contributed by atoms with Gasteiger partial charge in [-0.05, 0) is 19.1 Å². The van der Waals surface area contributed by atoms with Crippen molar-refractivity contribution in [2.45, 2.75) is 19.8 Å². The number of carbonyl (C=O) groups excluding carboxylic acids is 1. The number of furan rings is 1. The summed E-state index contributed by atoms with van der Waals surface area (Å²) in [5.74, 6) is 1.64. The van der Waals surface area contributed by atoms with E-state index in [1.807, 2.05) is 19.1 Å². The summed E-state index contributed by atoms with van der Waals surface area (Å²) in [6.45, 7) is 1.88. The number of amides is 1. The maximum atomic E-state index is 11.5. The Hall–Kier alpha value is -1.69. The van der Waals surface area contributed by atoms with E-state index in [4.69, 9.17) is 4.42 Å². The first-order chi connectivity index (χ1) is 7.74. The molecule has 6 heteroatoms. The summed E-state index contributed by atoms with van der Waals surface area (Å²) >= 11 is 1.16. The van der Waals surface area contributed by atoms with Gasteiger partial charge in [-0.2, -0.15) is 0 Å². The van der Waals surface area contributed by atoms with Crippen molar-refractivity contribution in [2.24, 2.45) is 0 Å². The van der Waals surface area contributed by atoms with E-state index in [1.165, 1.54) is 6.20 Å². The van der Waals surface area contributed by atoms with E-state index < -0.39 is 0 Å². The van der Waals surface area contributed by atoms with Gasteiger partial charge in [0.25, 0.3) is 0 Å². The second kappa shape index (κ2) is 4.89. The van der Waals surface area contributed by atoms with Crippen LogP contribution in [0.2, 0.25) is 0 Å². The number of hydrogen-bond donors (Lipinski definition) is 1. The van der Waals surface area contributed by atoms with Gasteiger partial charge < -0.3 is 9.73 Å². The monoisotopic (exact) mass is 237 g/mol. The molecule has 1 N–H and O–H groups in total. The van der Waals surface area contributed by atoms with Crippen molar-refractivity contribution in [2.75, 3.05) is 5.32 Å². The fourth-order valence-electron chi connectivity index (χ4n) is 1.28. The van der Waals surface area contributed by atoms with Crippen LogP contribution in [0.1, 0.15) is 17.9 Å². The zero-order chi connectivity index (χ0) is 11.4. The smallest absolute Gasteiger partial charge is 0.225 e. The maximum Gasteiger partial charge on any atom is 0.225 e. The highest BCUT2D eigenvalue weighted by atomic mass is 32.1. The molecule has 0 unspecified atom stereocenters. The molecule has 2 aromatic rings. The average Bonchev–Trinajstić information content (AvgIpc) is 2.87.